The highest BCUT2D eigenvalue weighted by atomic mass is 16.6. The fourth-order valence-electron chi connectivity index (χ4n) is 2.45. The topological polar surface area (TPSA) is 165 Å². The van der Waals surface area contributed by atoms with Crippen molar-refractivity contribution in [2.75, 3.05) is 0 Å². The van der Waals surface area contributed by atoms with E-state index in [9.17, 15) is 35.1 Å². The molecule has 9 nitrogen and oxygen atoms in total. The molecule has 6 N–H and O–H groups in total. The van der Waals surface area contributed by atoms with Crippen LogP contribution in [-0.4, -0.2) is 54.5 Å². The molecule has 1 atom stereocenters. The summed E-state index contributed by atoms with van der Waals surface area (Å²) < 4.78 is 5.16. The molecule has 0 heterocycles. The van der Waals surface area contributed by atoms with Crippen molar-refractivity contribution in [1.82, 2.24) is 0 Å². The number of hydrogen-bond donors (Lipinski definition) is 6. The summed E-state index contributed by atoms with van der Waals surface area (Å²) in [6, 6.07) is 0.842. The molecule has 0 aromatic heterocycles. The van der Waals surface area contributed by atoms with Gasteiger partial charge in [-0.3, -0.25) is 0 Å². The standard InChI is InChI=1S/C15H18O9/c1-2-7-9(5-8(13(18)19)11(17)10(7)16)24-12(14(20)21)15(22,23)6-3-4-6/h5-6,12,16-17,22-23H,2-4H2,1H3,(H,18,19)(H,20,21). The highest BCUT2D eigenvalue weighted by Crippen LogP contribution is 2.43. The monoisotopic (exact) mass is 342 g/mol. The summed E-state index contributed by atoms with van der Waals surface area (Å²) >= 11 is 0. The van der Waals surface area contributed by atoms with E-state index in [0.717, 1.165) is 6.07 Å². The maximum absolute atomic E-state index is 11.4. The number of aliphatic hydroxyl groups is 2. The third-order valence-corrected chi connectivity index (χ3v) is 3.96. The number of aromatic carboxylic acids is 1. The van der Waals surface area contributed by atoms with Crippen LogP contribution in [0.4, 0.5) is 0 Å². The van der Waals surface area contributed by atoms with Gasteiger partial charge in [-0.1, -0.05) is 6.92 Å². The molecule has 0 spiro atoms. The first-order chi connectivity index (χ1) is 11.1. The summed E-state index contributed by atoms with van der Waals surface area (Å²) in [4.78, 5) is 22.5. The van der Waals surface area contributed by atoms with Crippen LogP contribution in [0.25, 0.3) is 0 Å². The van der Waals surface area contributed by atoms with Crippen molar-refractivity contribution in [1.29, 1.82) is 0 Å². The minimum Gasteiger partial charge on any atom is -0.504 e. The molecule has 0 saturated heterocycles. The number of phenols is 2. The van der Waals surface area contributed by atoms with Gasteiger partial charge < -0.3 is 35.4 Å². The zero-order valence-corrected chi connectivity index (χ0v) is 12.8. The molecule has 1 aromatic carbocycles. The molecule has 0 radical (unpaired) electrons. The Kier molecular flexibility index (Phi) is 4.59. The number of aromatic hydroxyl groups is 2. The van der Waals surface area contributed by atoms with Gasteiger partial charge in [-0.05, 0) is 25.3 Å². The fourth-order valence-corrected chi connectivity index (χ4v) is 2.45. The number of benzene rings is 1. The van der Waals surface area contributed by atoms with E-state index in [1.165, 1.54) is 0 Å². The zero-order valence-electron chi connectivity index (χ0n) is 12.8. The van der Waals surface area contributed by atoms with Crippen molar-refractivity contribution in [2.45, 2.75) is 38.1 Å². The van der Waals surface area contributed by atoms with Crippen LogP contribution < -0.4 is 4.74 Å². The second kappa shape index (κ2) is 6.17. The number of carboxylic acids is 2. The van der Waals surface area contributed by atoms with Gasteiger partial charge in [-0.2, -0.15) is 0 Å². The minimum atomic E-state index is -2.65. The Morgan fingerprint density at radius 3 is 2.25 bits per heavy atom. The molecule has 0 bridgehead atoms. The lowest BCUT2D eigenvalue weighted by Crippen LogP contribution is -2.52. The van der Waals surface area contributed by atoms with Crippen LogP contribution in [0.15, 0.2) is 6.07 Å². The fraction of sp³-hybridized carbons (Fsp3) is 0.467. The summed E-state index contributed by atoms with van der Waals surface area (Å²) in [5, 5.41) is 58.0. The lowest BCUT2D eigenvalue weighted by molar-refractivity contribution is -0.234. The highest BCUT2D eigenvalue weighted by molar-refractivity contribution is 5.93. The third kappa shape index (κ3) is 3.08. The molecule has 1 aromatic rings. The second-order valence-corrected chi connectivity index (χ2v) is 5.65. The predicted molar refractivity (Wildman–Crippen MR) is 78.1 cm³/mol. The van der Waals surface area contributed by atoms with Crippen molar-refractivity contribution in [3.63, 3.8) is 0 Å². The summed E-state index contributed by atoms with van der Waals surface area (Å²) in [7, 11) is 0. The molecular weight excluding hydrogens is 324 g/mol. The zero-order chi connectivity index (χ0) is 18.2. The molecule has 24 heavy (non-hydrogen) atoms. The molecule has 0 amide bonds. The lowest BCUT2D eigenvalue weighted by Gasteiger charge is -2.29. The van der Waals surface area contributed by atoms with Crippen LogP contribution in [0, 0.1) is 5.92 Å². The second-order valence-electron chi connectivity index (χ2n) is 5.65. The number of phenolic OH excluding ortho intramolecular Hbond substituents is 1. The van der Waals surface area contributed by atoms with Crippen LogP contribution in [0.1, 0.15) is 35.7 Å². The van der Waals surface area contributed by atoms with E-state index < -0.39 is 46.8 Å². The molecule has 0 aliphatic heterocycles. The van der Waals surface area contributed by atoms with E-state index in [4.69, 9.17) is 9.84 Å². The van der Waals surface area contributed by atoms with Crippen LogP contribution >= 0.6 is 0 Å². The Morgan fingerprint density at radius 1 is 1.25 bits per heavy atom. The van der Waals surface area contributed by atoms with E-state index >= 15 is 0 Å². The molecule has 132 valence electrons. The number of carboxylic acid groups (broad SMARTS) is 2. The summed E-state index contributed by atoms with van der Waals surface area (Å²) in [5.41, 5.74) is -0.743. The smallest absolute Gasteiger partial charge is 0.350 e. The SMILES string of the molecule is CCc1c(OC(C(=O)O)C(O)(O)C2CC2)cc(C(=O)O)c(O)c1O. The average molecular weight is 342 g/mol. The maximum atomic E-state index is 11.4. The normalized spacial score (nSPS) is 15.8. The van der Waals surface area contributed by atoms with Crippen molar-refractivity contribution in [3.8, 4) is 17.2 Å². The van der Waals surface area contributed by atoms with Gasteiger partial charge in [0.1, 0.15) is 11.3 Å². The predicted octanol–water partition coefficient (Wildman–Crippen LogP) is 0.281. The Labute approximate surface area is 136 Å². The molecule has 2 rings (SSSR count). The number of rotatable bonds is 7. The maximum Gasteiger partial charge on any atom is 0.350 e. The first-order valence-electron chi connectivity index (χ1n) is 7.26. The van der Waals surface area contributed by atoms with Crippen molar-refractivity contribution in [3.05, 3.63) is 17.2 Å². The van der Waals surface area contributed by atoms with Gasteiger partial charge >= 0.3 is 11.9 Å². The van der Waals surface area contributed by atoms with Crippen LogP contribution in [0.5, 0.6) is 17.2 Å². The van der Waals surface area contributed by atoms with E-state index in [2.05, 4.69) is 0 Å². The van der Waals surface area contributed by atoms with Crippen molar-refractivity contribution in [2.24, 2.45) is 5.92 Å². The van der Waals surface area contributed by atoms with Crippen LogP contribution in [0.3, 0.4) is 0 Å². The summed E-state index contributed by atoms with van der Waals surface area (Å²) in [6.07, 6.45) is -1.17. The largest absolute Gasteiger partial charge is 0.504 e. The number of carbonyl (C=O) groups is 2. The Hall–Kier alpha value is -2.52. The molecule has 1 aliphatic carbocycles. The summed E-state index contributed by atoms with van der Waals surface area (Å²) in [5.74, 6) is -8.53. The Balaban J connectivity index is 2.49. The van der Waals surface area contributed by atoms with Crippen LogP contribution in [0.2, 0.25) is 0 Å². The number of ether oxygens (including phenoxy) is 1. The van der Waals surface area contributed by atoms with E-state index in [-0.39, 0.29) is 17.7 Å². The van der Waals surface area contributed by atoms with Crippen molar-refractivity contribution < 1.29 is 45.0 Å². The van der Waals surface area contributed by atoms with Gasteiger partial charge in [0.25, 0.3) is 0 Å². The highest BCUT2D eigenvalue weighted by Gasteiger charge is 2.53. The van der Waals surface area contributed by atoms with Gasteiger partial charge in [0.15, 0.2) is 11.5 Å². The number of hydrogen-bond acceptors (Lipinski definition) is 7. The molecule has 1 saturated carbocycles. The van der Waals surface area contributed by atoms with E-state index in [1.54, 1.807) is 6.92 Å². The molecule has 1 aliphatic rings. The van der Waals surface area contributed by atoms with E-state index in [1.807, 2.05) is 0 Å². The third-order valence-electron chi connectivity index (χ3n) is 3.96. The first-order valence-corrected chi connectivity index (χ1v) is 7.26. The van der Waals surface area contributed by atoms with Crippen LogP contribution in [-0.2, 0) is 11.2 Å². The Morgan fingerprint density at radius 2 is 1.83 bits per heavy atom. The number of aliphatic carboxylic acids is 1. The Bertz CT molecular complexity index is 676. The lowest BCUT2D eigenvalue weighted by atomic mass is 10.0. The molecule has 1 fully saturated rings. The minimum absolute atomic E-state index is 0.0460. The van der Waals surface area contributed by atoms with Gasteiger partial charge in [0.05, 0.1) is 0 Å². The van der Waals surface area contributed by atoms with Gasteiger partial charge in [-0.25, -0.2) is 9.59 Å². The molecular formula is C15H18O9. The van der Waals surface area contributed by atoms with Crippen molar-refractivity contribution >= 4 is 11.9 Å². The van der Waals surface area contributed by atoms with E-state index in [0.29, 0.717) is 12.8 Å². The summed E-state index contributed by atoms with van der Waals surface area (Å²) in [6.45, 7) is 1.56. The van der Waals surface area contributed by atoms with Gasteiger partial charge in [0, 0.05) is 11.5 Å². The van der Waals surface area contributed by atoms with Gasteiger partial charge in [-0.15, -0.1) is 0 Å². The molecule has 9 heteroatoms. The molecule has 1 unspecified atom stereocenters. The van der Waals surface area contributed by atoms with Gasteiger partial charge in [0.2, 0.25) is 11.9 Å². The first kappa shape index (κ1) is 17.8. The average Bonchev–Trinajstić information content (AvgIpc) is 3.32. The quantitative estimate of drug-likeness (QED) is 0.301.